The zero-order chi connectivity index (χ0) is 28.6. The molecule has 3 aromatic carbocycles. The molecule has 0 radical (unpaired) electrons. The minimum absolute atomic E-state index is 0.0000779. The number of nitrogens with one attached hydrogen (secondary N) is 1. The average molecular weight is 611 g/mol. The first-order valence-electron chi connectivity index (χ1n) is 12.2. The van der Waals surface area contributed by atoms with Crippen molar-refractivity contribution in [1.82, 2.24) is 10.2 Å². The molecule has 0 fully saturated rings. The molecule has 0 spiro atoms. The molecule has 1 N–H and O–H groups in total. The number of halogens is 3. The van der Waals surface area contributed by atoms with Gasteiger partial charge in [-0.05, 0) is 47.9 Å². The summed E-state index contributed by atoms with van der Waals surface area (Å²) < 4.78 is 26.2. The number of amides is 2. The Morgan fingerprint density at radius 1 is 0.923 bits per heavy atom. The van der Waals surface area contributed by atoms with E-state index in [9.17, 15) is 18.0 Å². The molecule has 1 atom stereocenters. The van der Waals surface area contributed by atoms with Gasteiger partial charge in [-0.1, -0.05) is 77.3 Å². The van der Waals surface area contributed by atoms with Gasteiger partial charge in [-0.25, -0.2) is 8.42 Å². The summed E-state index contributed by atoms with van der Waals surface area (Å²) in [6.45, 7) is 0.133. The molecule has 0 aliphatic heterocycles. The van der Waals surface area contributed by atoms with Crippen molar-refractivity contribution < 1.29 is 18.0 Å². The van der Waals surface area contributed by atoms with Crippen LogP contribution in [0.5, 0.6) is 0 Å². The first-order valence-corrected chi connectivity index (χ1v) is 15.2. The molecule has 0 bridgehead atoms. The van der Waals surface area contributed by atoms with Crippen LogP contribution in [0.2, 0.25) is 15.1 Å². The molecule has 1 unspecified atom stereocenters. The van der Waals surface area contributed by atoms with E-state index >= 15 is 0 Å². The second kappa shape index (κ2) is 14.0. The van der Waals surface area contributed by atoms with E-state index in [-0.39, 0.29) is 44.2 Å². The van der Waals surface area contributed by atoms with Crippen LogP contribution in [0.3, 0.4) is 0 Å². The van der Waals surface area contributed by atoms with Crippen LogP contribution in [-0.2, 0) is 32.6 Å². The third kappa shape index (κ3) is 8.86. The van der Waals surface area contributed by atoms with Crippen molar-refractivity contribution in [2.45, 2.75) is 31.8 Å². The van der Waals surface area contributed by atoms with Crippen LogP contribution in [0.15, 0.2) is 72.8 Å². The zero-order valence-electron chi connectivity index (χ0n) is 21.6. The number of sulfonamides is 1. The molecule has 3 aromatic rings. The highest BCUT2D eigenvalue weighted by Gasteiger charge is 2.30. The smallest absolute Gasteiger partial charge is 0.242 e. The number of carbonyl (C=O) groups excluding carboxylic acids is 2. The fourth-order valence-corrected chi connectivity index (χ4v) is 5.80. The van der Waals surface area contributed by atoms with Crippen molar-refractivity contribution in [1.29, 1.82) is 0 Å². The minimum atomic E-state index is -3.63. The van der Waals surface area contributed by atoms with E-state index in [4.69, 9.17) is 34.8 Å². The molecular weight excluding hydrogens is 581 g/mol. The summed E-state index contributed by atoms with van der Waals surface area (Å²) in [6.07, 6.45) is 1.61. The van der Waals surface area contributed by atoms with Crippen molar-refractivity contribution in [3.05, 3.63) is 99.0 Å². The van der Waals surface area contributed by atoms with Crippen LogP contribution < -0.4 is 9.62 Å². The van der Waals surface area contributed by atoms with Gasteiger partial charge in [-0.2, -0.15) is 0 Å². The zero-order valence-corrected chi connectivity index (χ0v) is 24.7. The number of carbonyl (C=O) groups is 2. The van der Waals surface area contributed by atoms with Crippen LogP contribution in [0.4, 0.5) is 5.69 Å². The minimum Gasteiger partial charge on any atom is -0.357 e. The van der Waals surface area contributed by atoms with Crippen molar-refractivity contribution in [3.8, 4) is 0 Å². The number of hydrogen-bond donors (Lipinski definition) is 1. The first kappa shape index (κ1) is 30.8. The fraction of sp³-hybridized carbons (Fsp3) is 0.286. The highest BCUT2D eigenvalue weighted by atomic mass is 35.5. The number of anilines is 1. The molecule has 0 aliphatic carbocycles. The van der Waals surface area contributed by atoms with E-state index in [0.29, 0.717) is 26.3 Å². The van der Waals surface area contributed by atoms with Gasteiger partial charge in [0, 0.05) is 48.0 Å². The van der Waals surface area contributed by atoms with Crippen LogP contribution in [0, 0.1) is 0 Å². The fourth-order valence-electron chi connectivity index (χ4n) is 4.19. The van der Waals surface area contributed by atoms with Gasteiger partial charge in [0.25, 0.3) is 0 Å². The van der Waals surface area contributed by atoms with Crippen molar-refractivity contribution >= 4 is 62.3 Å². The summed E-state index contributed by atoms with van der Waals surface area (Å²) in [5, 5.41) is 3.89. The highest BCUT2D eigenvalue weighted by molar-refractivity contribution is 7.92. The monoisotopic (exact) mass is 609 g/mol. The molecule has 11 heteroatoms. The maximum absolute atomic E-state index is 13.7. The predicted octanol–water partition coefficient (Wildman–Crippen LogP) is 5.58. The lowest BCUT2D eigenvalue weighted by atomic mass is 10.0. The molecule has 0 aromatic heterocycles. The Morgan fingerprint density at radius 3 is 2.23 bits per heavy atom. The molecule has 3 rings (SSSR count). The summed E-state index contributed by atoms with van der Waals surface area (Å²) in [6, 6.07) is 20.1. The summed E-state index contributed by atoms with van der Waals surface area (Å²) in [5.41, 5.74) is 1.93. The molecule has 0 heterocycles. The first-order chi connectivity index (χ1) is 18.5. The van der Waals surface area contributed by atoms with Gasteiger partial charge in [-0.15, -0.1) is 0 Å². The lowest BCUT2D eigenvalue weighted by Gasteiger charge is -2.32. The van der Waals surface area contributed by atoms with E-state index in [2.05, 4.69) is 5.32 Å². The van der Waals surface area contributed by atoms with Crippen molar-refractivity contribution in [2.75, 3.05) is 24.2 Å². The SMILES string of the molecule is CNC(=O)C(Cc1ccccc1)N(Cc1ccc(Cl)cc1Cl)C(=O)CCCN(c1cccc(Cl)c1)S(C)(=O)=O. The largest absolute Gasteiger partial charge is 0.357 e. The number of hydrogen-bond acceptors (Lipinski definition) is 4. The molecule has 0 saturated carbocycles. The molecule has 0 aliphatic rings. The summed E-state index contributed by atoms with van der Waals surface area (Å²) in [4.78, 5) is 28.2. The third-order valence-corrected chi connectivity index (χ3v) is 8.14. The molecule has 2 amide bonds. The molecular formula is C28H30Cl3N3O4S. The topological polar surface area (TPSA) is 86.8 Å². The third-order valence-electron chi connectivity index (χ3n) is 6.12. The Kier molecular flexibility index (Phi) is 11.1. The van der Waals surface area contributed by atoms with Crippen LogP contribution in [-0.4, -0.2) is 51.0 Å². The maximum Gasteiger partial charge on any atom is 0.242 e. The van der Waals surface area contributed by atoms with Crippen LogP contribution in [0.25, 0.3) is 0 Å². The van der Waals surface area contributed by atoms with Gasteiger partial charge < -0.3 is 10.2 Å². The predicted molar refractivity (Wildman–Crippen MR) is 158 cm³/mol. The second-order valence-electron chi connectivity index (χ2n) is 9.00. The highest BCUT2D eigenvalue weighted by Crippen LogP contribution is 2.26. The van der Waals surface area contributed by atoms with Gasteiger partial charge in [0.2, 0.25) is 21.8 Å². The number of likely N-dealkylation sites (N-methyl/N-ethyl adjacent to an activating group) is 1. The lowest BCUT2D eigenvalue weighted by molar-refractivity contribution is -0.141. The summed E-state index contributed by atoms with van der Waals surface area (Å²) >= 11 is 18.6. The van der Waals surface area contributed by atoms with E-state index in [1.807, 2.05) is 30.3 Å². The van der Waals surface area contributed by atoms with Gasteiger partial charge in [-0.3, -0.25) is 13.9 Å². The van der Waals surface area contributed by atoms with Crippen LogP contribution in [0.1, 0.15) is 24.0 Å². The Balaban J connectivity index is 1.87. The molecule has 0 saturated heterocycles. The summed E-state index contributed by atoms with van der Waals surface area (Å²) in [7, 11) is -2.11. The Labute approximate surface area is 244 Å². The quantitative estimate of drug-likeness (QED) is 0.290. The second-order valence-corrected chi connectivity index (χ2v) is 12.2. The Hall–Kier alpha value is -2.78. The van der Waals surface area contributed by atoms with Crippen molar-refractivity contribution in [2.24, 2.45) is 0 Å². The average Bonchev–Trinajstić information content (AvgIpc) is 2.89. The van der Waals surface area contributed by atoms with E-state index in [0.717, 1.165) is 11.8 Å². The summed E-state index contributed by atoms with van der Waals surface area (Å²) in [5.74, 6) is -0.640. The molecule has 7 nitrogen and oxygen atoms in total. The molecule has 39 heavy (non-hydrogen) atoms. The standard InChI is InChI=1S/C28H30Cl3N3O4S/c1-32-28(36)26(16-20-8-4-3-5-9-20)33(19-21-13-14-23(30)18-25(21)31)27(35)12-7-15-34(39(2,37)38)24-11-6-10-22(29)17-24/h3-6,8-11,13-14,17-18,26H,7,12,15-16,19H2,1-2H3,(H,32,36). The van der Waals surface area contributed by atoms with Gasteiger partial charge in [0.1, 0.15) is 6.04 Å². The molecule has 208 valence electrons. The van der Waals surface area contributed by atoms with E-state index < -0.39 is 16.1 Å². The van der Waals surface area contributed by atoms with E-state index in [1.165, 1.54) is 16.3 Å². The van der Waals surface area contributed by atoms with E-state index in [1.54, 1.807) is 42.5 Å². The lowest BCUT2D eigenvalue weighted by Crippen LogP contribution is -2.49. The Bertz CT molecular complexity index is 1400. The number of benzene rings is 3. The normalized spacial score (nSPS) is 12.0. The maximum atomic E-state index is 13.7. The van der Waals surface area contributed by atoms with Crippen molar-refractivity contribution in [3.63, 3.8) is 0 Å². The van der Waals surface area contributed by atoms with Gasteiger partial charge in [0.15, 0.2) is 0 Å². The van der Waals surface area contributed by atoms with Crippen LogP contribution >= 0.6 is 34.8 Å². The van der Waals surface area contributed by atoms with Gasteiger partial charge in [0.05, 0.1) is 11.9 Å². The number of rotatable bonds is 12. The van der Waals surface area contributed by atoms with Gasteiger partial charge >= 0.3 is 0 Å². The number of nitrogens with zero attached hydrogens (tertiary/aromatic N) is 2. The Morgan fingerprint density at radius 2 is 1.62 bits per heavy atom.